The molecular formula is C28H36B2N2O4. The van der Waals surface area contributed by atoms with Gasteiger partial charge in [-0.25, -0.2) is 0 Å². The standard InChI is InChI=1S/2C14H18BNO2/c2*1-13(2)14(3,4)18-15(17-13)16-10-9-11-7-5-6-8-12(11)16/h2*5-10H,1-4H3. The van der Waals surface area contributed by atoms with Crippen LogP contribution in [0.1, 0.15) is 55.4 Å². The molecule has 2 aromatic heterocycles. The number of hydrogen-bond donors (Lipinski definition) is 0. The van der Waals surface area contributed by atoms with Crippen LogP contribution in [-0.4, -0.2) is 45.9 Å². The van der Waals surface area contributed by atoms with E-state index in [4.69, 9.17) is 18.6 Å². The molecular weight excluding hydrogens is 450 g/mol. The minimum atomic E-state index is -0.352. The zero-order valence-electron chi connectivity index (χ0n) is 22.6. The van der Waals surface area contributed by atoms with Crippen molar-refractivity contribution in [2.45, 2.75) is 77.8 Å². The second-order valence-corrected chi connectivity index (χ2v) is 11.7. The number of para-hydroxylation sites is 2. The van der Waals surface area contributed by atoms with Crippen molar-refractivity contribution in [3.05, 3.63) is 73.1 Å². The lowest BCUT2D eigenvalue weighted by molar-refractivity contribution is 0.00578. The van der Waals surface area contributed by atoms with E-state index in [-0.39, 0.29) is 36.9 Å². The Morgan fingerprint density at radius 3 is 1.11 bits per heavy atom. The first kappa shape index (κ1) is 25.2. The van der Waals surface area contributed by atoms with Gasteiger partial charge in [-0.15, -0.1) is 0 Å². The maximum atomic E-state index is 6.06. The molecule has 0 unspecified atom stereocenters. The van der Waals surface area contributed by atoms with Crippen molar-refractivity contribution < 1.29 is 18.6 Å². The molecule has 6 rings (SSSR count). The molecule has 6 nitrogen and oxygen atoms in total. The summed E-state index contributed by atoms with van der Waals surface area (Å²) >= 11 is 0. The maximum Gasteiger partial charge on any atom is 0.598 e. The topological polar surface area (TPSA) is 46.8 Å². The molecule has 0 N–H and O–H groups in total. The molecule has 8 heteroatoms. The van der Waals surface area contributed by atoms with Crippen LogP contribution in [0.25, 0.3) is 21.8 Å². The number of benzene rings is 2. The smallest absolute Gasteiger partial charge is 0.384 e. The molecule has 188 valence electrons. The molecule has 0 atom stereocenters. The fourth-order valence-corrected chi connectivity index (χ4v) is 4.43. The van der Waals surface area contributed by atoms with Crippen molar-refractivity contribution in [2.75, 3.05) is 0 Å². The maximum absolute atomic E-state index is 6.06. The van der Waals surface area contributed by atoms with Crippen molar-refractivity contribution in [3.63, 3.8) is 0 Å². The van der Waals surface area contributed by atoms with Crippen molar-refractivity contribution in [1.29, 1.82) is 0 Å². The monoisotopic (exact) mass is 486 g/mol. The third kappa shape index (κ3) is 4.20. The van der Waals surface area contributed by atoms with Gasteiger partial charge >= 0.3 is 14.5 Å². The highest BCUT2D eigenvalue weighted by atomic mass is 16.7. The van der Waals surface area contributed by atoms with Crippen LogP contribution in [0.3, 0.4) is 0 Å². The lowest BCUT2D eigenvalue weighted by atomic mass is 9.90. The summed E-state index contributed by atoms with van der Waals surface area (Å²) in [6.07, 6.45) is 4.04. The highest BCUT2D eigenvalue weighted by Gasteiger charge is 2.53. The summed E-state index contributed by atoms with van der Waals surface area (Å²) in [6.45, 7) is 16.5. The van der Waals surface area contributed by atoms with Gasteiger partial charge in [0, 0.05) is 11.0 Å². The lowest BCUT2D eigenvalue weighted by Gasteiger charge is -2.32. The first-order valence-electron chi connectivity index (χ1n) is 12.6. The molecule has 0 saturated carbocycles. The van der Waals surface area contributed by atoms with Gasteiger partial charge in [0.1, 0.15) is 0 Å². The van der Waals surface area contributed by atoms with Crippen LogP contribution in [-0.2, 0) is 18.6 Å². The Bertz CT molecular complexity index is 1250. The predicted octanol–water partition coefficient (Wildman–Crippen LogP) is 6.16. The SMILES string of the molecule is CC1(C)OB(n2ccc3ccccc32)OC1(C)C.CC1(C)OB(n2ccc3ccccc32)OC1(C)C. The lowest BCUT2D eigenvalue weighted by Crippen LogP contribution is -2.41. The van der Waals surface area contributed by atoms with Gasteiger partial charge in [0.2, 0.25) is 0 Å². The largest absolute Gasteiger partial charge is 0.598 e. The Labute approximate surface area is 214 Å². The van der Waals surface area contributed by atoms with Gasteiger partial charge in [-0.3, -0.25) is 0 Å². The van der Waals surface area contributed by atoms with E-state index in [1.807, 2.05) is 45.6 Å². The fourth-order valence-electron chi connectivity index (χ4n) is 4.43. The van der Waals surface area contributed by atoms with Gasteiger partial charge in [-0.1, -0.05) is 36.4 Å². The molecule has 2 aromatic carbocycles. The predicted molar refractivity (Wildman–Crippen MR) is 147 cm³/mol. The molecule has 0 aliphatic carbocycles. The molecule has 36 heavy (non-hydrogen) atoms. The number of fused-ring (bicyclic) bond motifs is 2. The summed E-state index contributed by atoms with van der Waals surface area (Å²) in [7, 11) is -0.704. The summed E-state index contributed by atoms with van der Waals surface area (Å²) < 4.78 is 28.3. The molecule has 4 aromatic rings. The first-order chi connectivity index (χ1) is 16.8. The molecule has 0 bridgehead atoms. The first-order valence-corrected chi connectivity index (χ1v) is 12.6. The quantitative estimate of drug-likeness (QED) is 0.319. The number of aromatic nitrogens is 2. The zero-order valence-corrected chi connectivity index (χ0v) is 22.6. The molecule has 4 heterocycles. The Balaban J connectivity index is 0.000000148. The van der Waals surface area contributed by atoms with Crippen LogP contribution in [0.4, 0.5) is 0 Å². The third-order valence-corrected chi connectivity index (χ3v) is 8.20. The molecule has 2 aliphatic heterocycles. The van der Waals surface area contributed by atoms with Gasteiger partial charge in [0.25, 0.3) is 0 Å². The summed E-state index contributed by atoms with van der Waals surface area (Å²) in [5.74, 6) is 0. The average molecular weight is 486 g/mol. The minimum absolute atomic E-state index is 0.303. The third-order valence-electron chi connectivity index (χ3n) is 8.20. The van der Waals surface area contributed by atoms with Crippen LogP contribution >= 0.6 is 0 Å². The van der Waals surface area contributed by atoms with E-state index in [2.05, 4.69) is 91.8 Å². The van der Waals surface area contributed by atoms with Crippen LogP contribution in [0, 0.1) is 0 Å². The van der Waals surface area contributed by atoms with Gasteiger partial charge in [-0.2, -0.15) is 0 Å². The van der Waals surface area contributed by atoms with Crippen molar-refractivity contribution in [1.82, 2.24) is 8.96 Å². The Morgan fingerprint density at radius 2 is 0.778 bits per heavy atom. The number of nitrogens with zero attached hydrogens (tertiary/aromatic N) is 2. The van der Waals surface area contributed by atoms with Crippen LogP contribution in [0.5, 0.6) is 0 Å². The number of hydrogen-bond acceptors (Lipinski definition) is 4. The molecule has 2 saturated heterocycles. The van der Waals surface area contributed by atoms with Crippen molar-refractivity contribution >= 4 is 36.3 Å². The second kappa shape index (κ2) is 8.52. The van der Waals surface area contributed by atoms with Crippen LogP contribution in [0.2, 0.25) is 0 Å². The van der Waals surface area contributed by atoms with E-state index in [0.717, 1.165) is 11.0 Å². The normalized spacial score (nSPS) is 21.7. The van der Waals surface area contributed by atoms with E-state index in [0.29, 0.717) is 0 Å². The summed E-state index contributed by atoms with van der Waals surface area (Å²) in [5, 5.41) is 2.40. The summed E-state index contributed by atoms with van der Waals surface area (Å²) in [5.41, 5.74) is 1.06. The minimum Gasteiger partial charge on any atom is -0.384 e. The van der Waals surface area contributed by atoms with Gasteiger partial charge in [0.05, 0.1) is 22.4 Å². The fraction of sp³-hybridized carbons (Fsp3) is 0.429. The highest BCUT2D eigenvalue weighted by Crippen LogP contribution is 2.39. The Morgan fingerprint density at radius 1 is 0.472 bits per heavy atom. The average Bonchev–Trinajstić information content (AvgIpc) is 3.51. The van der Waals surface area contributed by atoms with E-state index >= 15 is 0 Å². The van der Waals surface area contributed by atoms with Gasteiger partial charge in [-0.05, 0) is 103 Å². The van der Waals surface area contributed by atoms with Crippen molar-refractivity contribution in [3.8, 4) is 0 Å². The summed E-state index contributed by atoms with van der Waals surface area (Å²) in [4.78, 5) is 0. The molecule has 2 fully saturated rings. The van der Waals surface area contributed by atoms with Gasteiger partial charge < -0.3 is 27.6 Å². The Kier molecular flexibility index (Phi) is 5.95. The van der Waals surface area contributed by atoms with E-state index in [1.54, 1.807) is 0 Å². The van der Waals surface area contributed by atoms with Crippen LogP contribution in [0.15, 0.2) is 73.1 Å². The van der Waals surface area contributed by atoms with Crippen LogP contribution < -0.4 is 0 Å². The van der Waals surface area contributed by atoms with E-state index < -0.39 is 0 Å². The highest BCUT2D eigenvalue weighted by molar-refractivity contribution is 6.45. The molecule has 2 aliphatic rings. The molecule has 0 spiro atoms. The molecule has 0 amide bonds. The zero-order chi connectivity index (χ0) is 25.9. The van der Waals surface area contributed by atoms with Gasteiger partial charge in [0.15, 0.2) is 0 Å². The van der Waals surface area contributed by atoms with E-state index in [1.165, 1.54) is 10.8 Å². The second-order valence-electron chi connectivity index (χ2n) is 11.7. The summed E-state index contributed by atoms with van der Waals surface area (Å²) in [6, 6.07) is 20.7. The van der Waals surface area contributed by atoms with E-state index in [9.17, 15) is 0 Å². The Hall–Kier alpha value is -2.51. The van der Waals surface area contributed by atoms with Crippen molar-refractivity contribution in [2.24, 2.45) is 0 Å². The molecule has 0 radical (unpaired) electrons. The number of rotatable bonds is 2.